The zero-order valence-corrected chi connectivity index (χ0v) is 16.6. The van der Waals surface area contributed by atoms with Crippen LogP contribution in [0.25, 0.3) is 10.9 Å². The summed E-state index contributed by atoms with van der Waals surface area (Å²) in [6.07, 6.45) is -0.975. The Kier molecular flexibility index (Phi) is 4.45. The van der Waals surface area contributed by atoms with Crippen molar-refractivity contribution in [3.05, 3.63) is 64.3 Å². The van der Waals surface area contributed by atoms with Crippen molar-refractivity contribution in [1.29, 1.82) is 5.26 Å². The van der Waals surface area contributed by atoms with Gasteiger partial charge >= 0.3 is 0 Å². The van der Waals surface area contributed by atoms with Crippen LogP contribution in [0, 0.1) is 11.3 Å². The minimum absolute atomic E-state index is 0.0523. The maximum Gasteiger partial charge on any atom is 0.195 e. The molecule has 0 spiro atoms. The predicted molar refractivity (Wildman–Crippen MR) is 108 cm³/mol. The highest BCUT2D eigenvalue weighted by atomic mass is 16.5. The molecule has 0 amide bonds. The first-order valence-corrected chi connectivity index (χ1v) is 9.43. The van der Waals surface area contributed by atoms with Crippen LogP contribution in [0.4, 0.5) is 0 Å². The Hall–Kier alpha value is -3.14. The van der Waals surface area contributed by atoms with Crippen LogP contribution in [-0.4, -0.2) is 39.9 Å². The van der Waals surface area contributed by atoms with Gasteiger partial charge in [0.2, 0.25) is 0 Å². The minimum Gasteiger partial charge on any atom is -0.491 e. The van der Waals surface area contributed by atoms with Crippen molar-refractivity contribution in [2.75, 3.05) is 13.2 Å². The van der Waals surface area contributed by atoms with E-state index in [-0.39, 0.29) is 19.0 Å². The summed E-state index contributed by atoms with van der Waals surface area (Å²) in [6, 6.07) is 12.9. The van der Waals surface area contributed by atoms with Gasteiger partial charge in [0.15, 0.2) is 5.78 Å². The number of nitriles is 1. The summed E-state index contributed by atoms with van der Waals surface area (Å²) in [5.74, 6) is 0.383. The van der Waals surface area contributed by atoms with Crippen molar-refractivity contribution in [3.8, 4) is 11.8 Å². The SMILES string of the molecule is Cn1c2c(c3ccc(C#N)cc31)C(=O)c1cc(OC[C@H](O)CO)ccc1C2(C)C. The number of carbonyl (C=O) groups is 1. The second kappa shape index (κ2) is 6.73. The average Bonchev–Trinajstić information content (AvgIpc) is 3.03. The van der Waals surface area contributed by atoms with Gasteiger partial charge in [0.1, 0.15) is 18.5 Å². The van der Waals surface area contributed by atoms with Crippen molar-refractivity contribution in [2.24, 2.45) is 7.05 Å². The Labute approximate surface area is 168 Å². The number of benzene rings is 2. The Morgan fingerprint density at radius 3 is 2.69 bits per heavy atom. The third-order valence-electron chi connectivity index (χ3n) is 5.71. The molecule has 4 rings (SSSR count). The van der Waals surface area contributed by atoms with Gasteiger partial charge in [-0.1, -0.05) is 26.0 Å². The van der Waals surface area contributed by atoms with Crippen LogP contribution in [0.2, 0.25) is 0 Å². The number of ether oxygens (including phenoxy) is 1. The number of carbonyl (C=O) groups excluding carboxylic acids is 1. The molecule has 1 aliphatic carbocycles. The zero-order chi connectivity index (χ0) is 20.9. The molecule has 0 saturated heterocycles. The van der Waals surface area contributed by atoms with Gasteiger partial charge in [0.05, 0.1) is 29.3 Å². The quantitative estimate of drug-likeness (QED) is 0.714. The third-order valence-corrected chi connectivity index (χ3v) is 5.71. The molecule has 1 aromatic heterocycles. The van der Waals surface area contributed by atoms with E-state index in [9.17, 15) is 15.2 Å². The van der Waals surface area contributed by atoms with Crippen molar-refractivity contribution in [3.63, 3.8) is 0 Å². The Morgan fingerprint density at radius 2 is 2.00 bits per heavy atom. The number of aliphatic hydroxyl groups is 2. The molecule has 0 bridgehead atoms. The largest absolute Gasteiger partial charge is 0.491 e. The van der Waals surface area contributed by atoms with E-state index >= 15 is 0 Å². The Balaban J connectivity index is 1.88. The summed E-state index contributed by atoms with van der Waals surface area (Å²) >= 11 is 0. The van der Waals surface area contributed by atoms with E-state index in [2.05, 4.69) is 19.9 Å². The number of hydrogen-bond acceptors (Lipinski definition) is 5. The van der Waals surface area contributed by atoms with Gasteiger partial charge in [0, 0.05) is 29.1 Å². The number of hydrogen-bond donors (Lipinski definition) is 2. The van der Waals surface area contributed by atoms with E-state index in [0.717, 1.165) is 22.2 Å². The van der Waals surface area contributed by atoms with Crippen LogP contribution in [0.15, 0.2) is 36.4 Å². The molecule has 0 aliphatic heterocycles. The van der Waals surface area contributed by atoms with Crippen LogP contribution < -0.4 is 4.74 Å². The highest BCUT2D eigenvalue weighted by Crippen LogP contribution is 2.45. The summed E-state index contributed by atoms with van der Waals surface area (Å²) < 4.78 is 7.56. The maximum absolute atomic E-state index is 13.5. The van der Waals surface area contributed by atoms with Crippen molar-refractivity contribution in [2.45, 2.75) is 25.4 Å². The monoisotopic (exact) mass is 390 g/mol. The fourth-order valence-corrected chi connectivity index (χ4v) is 4.32. The van der Waals surface area contributed by atoms with Gasteiger partial charge in [-0.05, 0) is 29.8 Å². The molecule has 0 unspecified atom stereocenters. The van der Waals surface area contributed by atoms with Crippen LogP contribution in [0.3, 0.4) is 0 Å². The summed E-state index contributed by atoms with van der Waals surface area (Å²) in [7, 11) is 1.93. The number of nitrogens with zero attached hydrogens (tertiary/aromatic N) is 2. The number of aromatic nitrogens is 1. The summed E-state index contributed by atoms with van der Waals surface area (Å²) in [5, 5.41) is 28.6. The topological polar surface area (TPSA) is 95.5 Å². The van der Waals surface area contributed by atoms with Crippen molar-refractivity contribution >= 4 is 16.7 Å². The average molecular weight is 390 g/mol. The molecule has 1 heterocycles. The van der Waals surface area contributed by atoms with Gasteiger partial charge in [-0.2, -0.15) is 5.26 Å². The van der Waals surface area contributed by atoms with Crippen LogP contribution in [0.5, 0.6) is 5.75 Å². The number of aliphatic hydroxyl groups excluding tert-OH is 2. The molecular weight excluding hydrogens is 368 g/mol. The van der Waals surface area contributed by atoms with Crippen LogP contribution >= 0.6 is 0 Å². The van der Waals surface area contributed by atoms with Gasteiger partial charge < -0.3 is 19.5 Å². The lowest BCUT2D eigenvalue weighted by molar-refractivity contribution is 0.0535. The third kappa shape index (κ3) is 2.82. The molecule has 6 heteroatoms. The molecule has 0 radical (unpaired) electrons. The van der Waals surface area contributed by atoms with Crippen LogP contribution in [0.1, 0.15) is 46.6 Å². The van der Waals surface area contributed by atoms with Gasteiger partial charge in [0.25, 0.3) is 0 Å². The Morgan fingerprint density at radius 1 is 1.24 bits per heavy atom. The molecule has 2 N–H and O–H groups in total. The molecule has 29 heavy (non-hydrogen) atoms. The number of ketones is 1. The van der Waals surface area contributed by atoms with E-state index in [0.29, 0.717) is 22.4 Å². The fraction of sp³-hybridized carbons (Fsp3) is 0.304. The van der Waals surface area contributed by atoms with E-state index in [1.165, 1.54) is 0 Å². The standard InChI is InChI=1S/C23H22N2O4/c1-23(2)18-7-5-15(29-12-14(27)11-26)9-17(18)21(28)20-16-6-4-13(10-24)8-19(16)25(3)22(20)23/h4-9,14,26-27H,11-12H2,1-3H3/t14-/m1/s1. The molecule has 6 nitrogen and oxygen atoms in total. The van der Waals surface area contributed by atoms with Gasteiger partial charge in [-0.25, -0.2) is 0 Å². The van der Waals surface area contributed by atoms with E-state index in [1.807, 2.05) is 29.8 Å². The first-order valence-electron chi connectivity index (χ1n) is 9.43. The van der Waals surface area contributed by atoms with Crippen molar-refractivity contribution in [1.82, 2.24) is 4.57 Å². The smallest absolute Gasteiger partial charge is 0.195 e. The molecule has 3 aromatic rings. The van der Waals surface area contributed by atoms with E-state index < -0.39 is 11.5 Å². The fourth-order valence-electron chi connectivity index (χ4n) is 4.32. The van der Waals surface area contributed by atoms with Gasteiger partial charge in [-0.3, -0.25) is 4.79 Å². The Bertz CT molecular complexity index is 1180. The van der Waals surface area contributed by atoms with Gasteiger partial charge in [-0.15, -0.1) is 0 Å². The first-order chi connectivity index (χ1) is 13.8. The molecule has 1 aliphatic rings. The first kappa shape index (κ1) is 19.2. The molecule has 0 saturated carbocycles. The lowest BCUT2D eigenvalue weighted by Crippen LogP contribution is -2.32. The summed E-state index contributed by atoms with van der Waals surface area (Å²) in [4.78, 5) is 13.5. The second-order valence-electron chi connectivity index (χ2n) is 7.94. The maximum atomic E-state index is 13.5. The number of fused-ring (bicyclic) bond motifs is 4. The minimum atomic E-state index is -0.975. The number of aryl methyl sites for hydroxylation is 1. The highest BCUT2D eigenvalue weighted by molar-refractivity contribution is 6.20. The number of rotatable bonds is 4. The molecule has 0 fully saturated rings. The highest BCUT2D eigenvalue weighted by Gasteiger charge is 2.41. The van der Waals surface area contributed by atoms with E-state index in [4.69, 9.17) is 9.84 Å². The molecule has 1 atom stereocenters. The lowest BCUT2D eigenvalue weighted by atomic mass is 9.71. The van der Waals surface area contributed by atoms with Crippen LogP contribution in [-0.2, 0) is 12.5 Å². The summed E-state index contributed by atoms with van der Waals surface area (Å²) in [6.45, 7) is 3.72. The second-order valence-corrected chi connectivity index (χ2v) is 7.94. The summed E-state index contributed by atoms with van der Waals surface area (Å²) in [5.41, 5.74) is 4.01. The molecule has 148 valence electrons. The predicted octanol–water partition coefficient (Wildman–Crippen LogP) is 2.65. The van der Waals surface area contributed by atoms with Crippen molar-refractivity contribution < 1.29 is 19.7 Å². The zero-order valence-electron chi connectivity index (χ0n) is 16.6. The van der Waals surface area contributed by atoms with E-state index in [1.54, 1.807) is 18.2 Å². The normalized spacial score (nSPS) is 15.5. The molecular formula is C23H22N2O4. The molecule has 2 aromatic carbocycles. The lowest BCUT2D eigenvalue weighted by Gasteiger charge is -2.33.